The Morgan fingerprint density at radius 2 is 1.95 bits per heavy atom. The molecule has 0 fully saturated rings. The van der Waals surface area contributed by atoms with E-state index in [1.165, 1.54) is 7.11 Å². The van der Waals surface area contributed by atoms with Gasteiger partial charge in [-0.25, -0.2) is 0 Å². The van der Waals surface area contributed by atoms with E-state index in [2.05, 4.69) is 5.32 Å². The molecule has 0 saturated carbocycles. The number of ether oxygens (including phenoxy) is 1. The lowest BCUT2D eigenvalue weighted by Crippen LogP contribution is -2.40. The molecule has 0 spiro atoms. The van der Waals surface area contributed by atoms with Crippen molar-refractivity contribution in [1.82, 2.24) is 5.32 Å². The molecule has 1 aromatic rings. The Kier molecular flexibility index (Phi) is 7.54. The van der Waals surface area contributed by atoms with Crippen LogP contribution in [-0.4, -0.2) is 38.0 Å². The van der Waals surface area contributed by atoms with Crippen LogP contribution in [0, 0.1) is 0 Å². The van der Waals surface area contributed by atoms with Gasteiger partial charge in [0.1, 0.15) is 6.04 Å². The molecular weight excluding hydrogens is 256 g/mol. The molecule has 3 N–H and O–H groups in total. The fraction of sp³-hybridized carbons (Fsp3) is 0.467. The predicted molar refractivity (Wildman–Crippen MR) is 77.5 cm³/mol. The fourth-order valence-corrected chi connectivity index (χ4v) is 1.88. The molecule has 0 unspecified atom stereocenters. The number of esters is 1. The third-order valence-corrected chi connectivity index (χ3v) is 3.04. The van der Waals surface area contributed by atoms with Gasteiger partial charge in [0.2, 0.25) is 0 Å². The quantitative estimate of drug-likeness (QED) is 0.402. The minimum atomic E-state index is -0.459. The summed E-state index contributed by atoms with van der Waals surface area (Å²) in [6.45, 7) is 0.712. The molecule has 0 amide bonds. The number of Topliss-reactive ketones (excluding diaryl/α,β-unsaturated/α-hetero) is 1. The van der Waals surface area contributed by atoms with E-state index >= 15 is 0 Å². The summed E-state index contributed by atoms with van der Waals surface area (Å²) in [6.07, 6.45) is 2.29. The lowest BCUT2D eigenvalue weighted by atomic mass is 10.1. The number of hydrogen-bond donors (Lipinski definition) is 2. The van der Waals surface area contributed by atoms with E-state index in [-0.39, 0.29) is 18.3 Å². The van der Waals surface area contributed by atoms with Crippen LogP contribution in [0.15, 0.2) is 30.3 Å². The molecule has 0 aromatic heterocycles. The first-order valence-electron chi connectivity index (χ1n) is 6.78. The Balaban J connectivity index is 2.49. The highest BCUT2D eigenvalue weighted by Crippen LogP contribution is 2.04. The van der Waals surface area contributed by atoms with Gasteiger partial charge in [0.25, 0.3) is 0 Å². The van der Waals surface area contributed by atoms with Crippen molar-refractivity contribution >= 4 is 11.8 Å². The van der Waals surface area contributed by atoms with Crippen molar-refractivity contribution in [3.63, 3.8) is 0 Å². The van der Waals surface area contributed by atoms with Crippen LogP contribution in [0.1, 0.15) is 29.6 Å². The monoisotopic (exact) mass is 278 g/mol. The Morgan fingerprint density at radius 3 is 2.55 bits per heavy atom. The normalized spacial score (nSPS) is 11.9. The predicted octanol–water partition coefficient (Wildman–Crippen LogP) is 1.13. The van der Waals surface area contributed by atoms with Crippen LogP contribution in [0.3, 0.4) is 0 Å². The molecule has 20 heavy (non-hydrogen) atoms. The molecule has 110 valence electrons. The van der Waals surface area contributed by atoms with E-state index in [4.69, 9.17) is 10.5 Å². The lowest BCUT2D eigenvalue weighted by molar-refractivity contribution is -0.143. The van der Waals surface area contributed by atoms with E-state index in [1.54, 1.807) is 12.1 Å². The molecule has 1 aromatic carbocycles. The maximum Gasteiger partial charge on any atom is 0.322 e. The zero-order valence-electron chi connectivity index (χ0n) is 11.8. The second kappa shape index (κ2) is 9.23. The summed E-state index contributed by atoms with van der Waals surface area (Å²) in [5.41, 5.74) is 6.06. The number of rotatable bonds is 9. The number of nitrogens with two attached hydrogens (primary N) is 1. The molecule has 0 bridgehead atoms. The van der Waals surface area contributed by atoms with Crippen LogP contribution >= 0.6 is 0 Å². The summed E-state index contributed by atoms with van der Waals surface area (Å²) in [5.74, 6) is -0.388. The lowest BCUT2D eigenvalue weighted by Gasteiger charge is -2.15. The summed E-state index contributed by atoms with van der Waals surface area (Å²) in [4.78, 5) is 23.6. The van der Waals surface area contributed by atoms with Crippen LogP contribution in [0.25, 0.3) is 0 Å². The highest BCUT2D eigenvalue weighted by molar-refractivity contribution is 5.97. The van der Waals surface area contributed by atoms with E-state index in [9.17, 15) is 9.59 Å². The van der Waals surface area contributed by atoms with Gasteiger partial charge in [-0.3, -0.25) is 14.9 Å². The molecule has 0 aliphatic rings. The van der Waals surface area contributed by atoms with E-state index in [0.717, 1.165) is 12.8 Å². The van der Waals surface area contributed by atoms with Crippen LogP contribution < -0.4 is 11.1 Å². The SMILES string of the molecule is COC(=O)[C@H](CCCCN)NCC(=O)c1ccccc1. The molecular formula is C15H22N2O3. The minimum Gasteiger partial charge on any atom is -0.468 e. The fourth-order valence-electron chi connectivity index (χ4n) is 1.88. The summed E-state index contributed by atoms with van der Waals surface area (Å²) in [7, 11) is 1.35. The maximum atomic E-state index is 12.0. The number of methoxy groups -OCH3 is 1. The van der Waals surface area contributed by atoms with Gasteiger partial charge in [0, 0.05) is 5.56 Å². The number of benzene rings is 1. The third kappa shape index (κ3) is 5.50. The molecule has 0 heterocycles. The maximum absolute atomic E-state index is 12.0. The Hall–Kier alpha value is -1.72. The van der Waals surface area contributed by atoms with Gasteiger partial charge in [0.15, 0.2) is 5.78 Å². The smallest absolute Gasteiger partial charge is 0.322 e. The molecule has 1 rings (SSSR count). The van der Waals surface area contributed by atoms with Gasteiger partial charge in [0.05, 0.1) is 13.7 Å². The number of ketones is 1. The standard InChI is InChI=1S/C15H22N2O3/c1-20-15(19)13(9-5-6-10-16)17-11-14(18)12-7-3-2-4-8-12/h2-4,7-8,13,17H,5-6,9-11,16H2,1H3/t13-/m0/s1. The Morgan fingerprint density at radius 1 is 1.25 bits per heavy atom. The van der Waals surface area contributed by atoms with Gasteiger partial charge in [-0.05, 0) is 19.4 Å². The van der Waals surface area contributed by atoms with Crippen molar-refractivity contribution in [1.29, 1.82) is 0 Å². The van der Waals surface area contributed by atoms with E-state index < -0.39 is 6.04 Å². The molecule has 0 saturated heterocycles. The van der Waals surface area contributed by atoms with Crippen molar-refractivity contribution in [2.45, 2.75) is 25.3 Å². The highest BCUT2D eigenvalue weighted by Gasteiger charge is 2.19. The van der Waals surface area contributed by atoms with Gasteiger partial charge < -0.3 is 10.5 Å². The largest absolute Gasteiger partial charge is 0.468 e. The van der Waals surface area contributed by atoms with Gasteiger partial charge >= 0.3 is 5.97 Å². The Labute approximate surface area is 119 Å². The highest BCUT2D eigenvalue weighted by atomic mass is 16.5. The second-order valence-corrected chi connectivity index (χ2v) is 4.53. The van der Waals surface area contributed by atoms with Crippen LogP contribution in [0.2, 0.25) is 0 Å². The van der Waals surface area contributed by atoms with E-state index in [1.807, 2.05) is 18.2 Å². The first-order valence-corrected chi connectivity index (χ1v) is 6.78. The first kappa shape index (κ1) is 16.3. The average molecular weight is 278 g/mol. The topological polar surface area (TPSA) is 81.4 Å². The van der Waals surface area contributed by atoms with Crippen LogP contribution in [0.5, 0.6) is 0 Å². The van der Waals surface area contributed by atoms with Crippen molar-refractivity contribution < 1.29 is 14.3 Å². The molecule has 5 heteroatoms. The zero-order valence-corrected chi connectivity index (χ0v) is 11.8. The zero-order chi connectivity index (χ0) is 14.8. The second-order valence-electron chi connectivity index (χ2n) is 4.53. The molecule has 0 aliphatic carbocycles. The average Bonchev–Trinajstić information content (AvgIpc) is 2.50. The van der Waals surface area contributed by atoms with Crippen molar-refractivity contribution in [3.05, 3.63) is 35.9 Å². The molecule has 0 radical (unpaired) electrons. The molecule has 5 nitrogen and oxygen atoms in total. The summed E-state index contributed by atoms with van der Waals surface area (Å²) < 4.78 is 4.74. The number of unbranched alkanes of at least 4 members (excludes halogenated alkanes) is 1. The number of nitrogens with one attached hydrogen (secondary N) is 1. The number of carbonyl (C=O) groups excluding carboxylic acids is 2. The summed E-state index contributed by atoms with van der Waals surface area (Å²) in [6, 6.07) is 8.53. The Bertz CT molecular complexity index is 420. The van der Waals surface area contributed by atoms with Gasteiger partial charge in [-0.15, -0.1) is 0 Å². The van der Waals surface area contributed by atoms with Crippen LogP contribution in [-0.2, 0) is 9.53 Å². The van der Waals surface area contributed by atoms with Crippen molar-refractivity contribution in [2.75, 3.05) is 20.2 Å². The minimum absolute atomic E-state index is 0.0432. The van der Waals surface area contributed by atoms with Crippen molar-refractivity contribution in [2.24, 2.45) is 5.73 Å². The van der Waals surface area contributed by atoms with E-state index in [0.29, 0.717) is 18.5 Å². The molecule has 0 aliphatic heterocycles. The van der Waals surface area contributed by atoms with Crippen molar-refractivity contribution in [3.8, 4) is 0 Å². The van der Waals surface area contributed by atoms with Gasteiger partial charge in [-0.2, -0.15) is 0 Å². The van der Waals surface area contributed by atoms with Crippen LogP contribution in [0.4, 0.5) is 0 Å². The summed E-state index contributed by atoms with van der Waals surface area (Å²) >= 11 is 0. The number of hydrogen-bond acceptors (Lipinski definition) is 5. The van der Waals surface area contributed by atoms with Gasteiger partial charge in [-0.1, -0.05) is 36.8 Å². The summed E-state index contributed by atoms with van der Waals surface area (Å²) in [5, 5.41) is 2.96. The first-order chi connectivity index (χ1) is 9.69. The molecule has 1 atom stereocenters. The number of carbonyl (C=O) groups is 2. The third-order valence-electron chi connectivity index (χ3n) is 3.04.